The van der Waals surface area contributed by atoms with Crippen molar-refractivity contribution in [1.29, 1.82) is 0 Å². The molecular weight excluding hydrogens is 322 g/mol. The Balaban J connectivity index is 0. The van der Waals surface area contributed by atoms with Crippen LogP contribution in [0.25, 0.3) is 0 Å². The second kappa shape index (κ2) is 4.44. The van der Waals surface area contributed by atoms with E-state index in [9.17, 15) is 0 Å². The molecule has 0 aromatic heterocycles. The van der Waals surface area contributed by atoms with Gasteiger partial charge in [-0.2, -0.15) is 0 Å². The first-order chi connectivity index (χ1) is 5.58. The molecule has 92 valence electrons. The van der Waals surface area contributed by atoms with Crippen LogP contribution in [0, 0.1) is 0 Å². The second-order valence-corrected chi connectivity index (χ2v) is 61.6. The SMILES string of the molecule is C[SiH](C)[Zr]([CH3])([CH3])([CH3])([CH3])[C]1=CC=CC1.Cl.Cl. The maximum Gasteiger partial charge on any atom is -0.147 e. The van der Waals surface area contributed by atoms with E-state index in [1.54, 1.807) is 0 Å². The second-order valence-electron chi connectivity index (χ2n) is 7.78. The van der Waals surface area contributed by atoms with Gasteiger partial charge in [0.05, 0.1) is 0 Å². The molecule has 0 aromatic carbocycles. The van der Waals surface area contributed by atoms with E-state index in [1.807, 2.05) is 3.28 Å². The molecule has 0 unspecified atom stereocenters. The molecule has 0 aromatic rings. The number of hydrogen-bond acceptors (Lipinski definition) is 0. The van der Waals surface area contributed by atoms with Crippen molar-refractivity contribution in [2.45, 2.75) is 38.0 Å². The van der Waals surface area contributed by atoms with E-state index in [2.05, 4.69) is 49.8 Å². The summed E-state index contributed by atoms with van der Waals surface area (Å²) in [5, 5.41) is 0. The van der Waals surface area contributed by atoms with Gasteiger partial charge in [0.15, 0.2) is 0 Å². The normalized spacial score (nSPS) is 19.8. The molecule has 0 bridgehead atoms. The molecule has 4 heteroatoms. The summed E-state index contributed by atoms with van der Waals surface area (Å²) in [7, 11) is 0. The molecule has 15 heavy (non-hydrogen) atoms. The molecule has 1 rings (SSSR count). The summed E-state index contributed by atoms with van der Waals surface area (Å²) in [5.41, 5.74) is 0. The summed E-state index contributed by atoms with van der Waals surface area (Å²) >= 11 is -2.86. The molecule has 0 fully saturated rings. The zero-order valence-electron chi connectivity index (χ0n) is 10.8. The Labute approximate surface area is 106 Å². The van der Waals surface area contributed by atoms with Gasteiger partial charge in [0.1, 0.15) is 0 Å². The van der Waals surface area contributed by atoms with Gasteiger partial charge in [-0.05, 0) is 0 Å². The first-order valence-electron chi connectivity index (χ1n) is 5.41. The third-order valence-electron chi connectivity index (χ3n) is 4.84. The monoisotopic (exact) mass is 346 g/mol. The van der Waals surface area contributed by atoms with Crippen LogP contribution in [0.5, 0.6) is 0 Å². The van der Waals surface area contributed by atoms with Crippen LogP contribution in [0.4, 0.5) is 0 Å². The van der Waals surface area contributed by atoms with Crippen molar-refractivity contribution in [3.8, 4) is 0 Å². The molecule has 0 heterocycles. The zero-order valence-corrected chi connectivity index (χ0v) is 16.1. The number of allylic oxidation sites excluding steroid dienone is 4. The van der Waals surface area contributed by atoms with Crippen molar-refractivity contribution in [3.05, 3.63) is 21.5 Å². The third kappa shape index (κ3) is 3.31. The summed E-state index contributed by atoms with van der Waals surface area (Å²) in [5.74, 6) is -0.569. The molecule has 0 saturated heterocycles. The van der Waals surface area contributed by atoms with E-state index in [1.165, 1.54) is 6.42 Å². The number of hydrogen-bond donors (Lipinski definition) is 0. The van der Waals surface area contributed by atoms with E-state index < -0.39 is 22.4 Å². The van der Waals surface area contributed by atoms with Crippen molar-refractivity contribution >= 4 is 30.7 Å². The van der Waals surface area contributed by atoms with Crippen LogP contribution in [0.1, 0.15) is 6.42 Å². The quantitative estimate of drug-likeness (QED) is 0.611. The van der Waals surface area contributed by atoms with E-state index in [0.29, 0.717) is 0 Å². The Hall–Kier alpha value is 1.16. The molecule has 0 nitrogen and oxygen atoms in total. The van der Waals surface area contributed by atoms with Crippen LogP contribution in [-0.2, 0) is 16.5 Å². The van der Waals surface area contributed by atoms with Crippen LogP contribution >= 0.6 is 24.8 Å². The van der Waals surface area contributed by atoms with Gasteiger partial charge in [-0.1, -0.05) is 0 Å². The Bertz CT molecular complexity index is 295. The van der Waals surface area contributed by atoms with Crippen molar-refractivity contribution in [3.63, 3.8) is 0 Å². The summed E-state index contributed by atoms with van der Waals surface area (Å²) in [6.07, 6.45) is 8.21. The summed E-state index contributed by atoms with van der Waals surface area (Å²) in [6.45, 7) is 5.08. The Kier molecular flexibility index (Phi) is 5.48. The maximum atomic E-state index is 2.64. The third-order valence-corrected chi connectivity index (χ3v) is 58.7. The van der Waals surface area contributed by atoms with E-state index >= 15 is 0 Å². The fraction of sp³-hybridized carbons (Fsp3) is 0.636. The van der Waals surface area contributed by atoms with Gasteiger partial charge in [-0.25, -0.2) is 0 Å². The first kappa shape index (κ1) is 18.5. The van der Waals surface area contributed by atoms with Gasteiger partial charge in [0.25, 0.3) is 0 Å². The van der Waals surface area contributed by atoms with E-state index in [4.69, 9.17) is 0 Å². The van der Waals surface area contributed by atoms with Gasteiger partial charge >= 0.3 is 81.9 Å². The Morgan fingerprint density at radius 3 is 1.80 bits per heavy atom. The molecule has 0 amide bonds. The Morgan fingerprint density at radius 1 is 1.07 bits per heavy atom. The maximum absolute atomic E-state index is 2.86. The van der Waals surface area contributed by atoms with Crippen molar-refractivity contribution < 1.29 is 16.5 Å². The standard InChI is InChI=1S/C5H5.C2H7Si.4CH3.2ClH.Zr/c1-2-4-5-3-1;1-3-2;;;;;;;/h1-3H,4H2;3H,1-2H3;4*1H3;2*1H;. The molecular formula is C11H26Cl2SiZr. The topological polar surface area (TPSA) is 0 Å². The minimum atomic E-state index is -2.86. The van der Waals surface area contributed by atoms with Crippen LogP contribution in [0.15, 0.2) is 21.5 Å². The van der Waals surface area contributed by atoms with Crippen LogP contribution in [0.2, 0.25) is 31.6 Å². The predicted molar refractivity (Wildman–Crippen MR) is 78.7 cm³/mol. The first-order valence-corrected chi connectivity index (χ1v) is 23.6. The van der Waals surface area contributed by atoms with Crippen molar-refractivity contribution in [2.24, 2.45) is 0 Å². The fourth-order valence-electron chi connectivity index (χ4n) is 1.67. The van der Waals surface area contributed by atoms with Crippen molar-refractivity contribution in [2.75, 3.05) is 0 Å². The number of rotatable bonds is 2. The molecule has 0 atom stereocenters. The average molecular weight is 349 g/mol. The van der Waals surface area contributed by atoms with Gasteiger partial charge in [0, 0.05) is 0 Å². The molecule has 0 radical (unpaired) electrons. The molecule has 0 aliphatic heterocycles. The smallest absolute Gasteiger partial charge is 0.147 e. The molecule has 0 saturated carbocycles. The molecule has 0 N–H and O–H groups in total. The predicted octanol–water partition coefficient (Wildman–Crippen LogP) is 5.07. The fourth-order valence-corrected chi connectivity index (χ4v) is 13.8. The van der Waals surface area contributed by atoms with Crippen molar-refractivity contribution in [1.82, 2.24) is 0 Å². The van der Waals surface area contributed by atoms with E-state index in [0.717, 1.165) is 0 Å². The molecule has 0 spiro atoms. The summed E-state index contributed by atoms with van der Waals surface area (Å²) in [6, 6.07) is 0. The molecule has 1 aliphatic rings. The summed E-state index contributed by atoms with van der Waals surface area (Å²) in [4.78, 5) is 0. The Morgan fingerprint density at radius 2 is 1.53 bits per heavy atom. The van der Waals surface area contributed by atoms with Gasteiger partial charge < -0.3 is 0 Å². The van der Waals surface area contributed by atoms with Gasteiger partial charge in [-0.15, -0.1) is 24.8 Å². The van der Waals surface area contributed by atoms with E-state index in [-0.39, 0.29) is 24.8 Å². The van der Waals surface area contributed by atoms with Crippen LogP contribution < -0.4 is 0 Å². The minimum Gasteiger partial charge on any atom is -0.147 e. The number of halogens is 2. The van der Waals surface area contributed by atoms with Gasteiger partial charge in [0.2, 0.25) is 0 Å². The van der Waals surface area contributed by atoms with Crippen LogP contribution in [-0.4, -0.2) is 5.92 Å². The summed E-state index contributed by atoms with van der Waals surface area (Å²) < 4.78 is 12.4. The van der Waals surface area contributed by atoms with Gasteiger partial charge in [-0.3, -0.25) is 0 Å². The molecule has 1 aliphatic carbocycles. The minimum absolute atomic E-state index is 0. The average Bonchev–Trinajstić information content (AvgIpc) is 2.34. The van der Waals surface area contributed by atoms with Crippen LogP contribution in [0.3, 0.4) is 0 Å². The largest absolute Gasteiger partial charge is 0.147 e. The zero-order chi connectivity index (χ0) is 10.4.